The Kier molecular flexibility index (Phi) is 4.91. The van der Waals surface area contributed by atoms with Crippen LogP contribution < -0.4 is 0 Å². The second kappa shape index (κ2) is 7.19. The molecule has 0 aromatic rings. The molecule has 0 bridgehead atoms. The highest BCUT2D eigenvalue weighted by atomic mass is 16.3. The summed E-state index contributed by atoms with van der Waals surface area (Å²) in [6.07, 6.45) is 10.7. The monoisotopic (exact) mass is 415 g/mol. The van der Waals surface area contributed by atoms with Crippen molar-refractivity contribution in [2.45, 2.75) is 96.8 Å². The molecule has 6 rings (SSSR count). The molecule has 6 aliphatic rings. The lowest BCUT2D eigenvalue weighted by Crippen LogP contribution is -2.58. The van der Waals surface area contributed by atoms with Crippen LogP contribution in [0.5, 0.6) is 0 Å². The maximum atomic E-state index is 11.2. The third-order valence-corrected chi connectivity index (χ3v) is 12.0. The predicted molar refractivity (Wildman–Crippen MR) is 120 cm³/mol. The van der Waals surface area contributed by atoms with Gasteiger partial charge in [-0.15, -0.1) is 0 Å². The minimum absolute atomic E-state index is 0.180. The van der Waals surface area contributed by atoms with Gasteiger partial charge >= 0.3 is 0 Å². The van der Waals surface area contributed by atoms with Gasteiger partial charge in [-0.2, -0.15) is 0 Å². The maximum Gasteiger partial charge on any atom is 0.0577 e. The third-order valence-electron chi connectivity index (χ3n) is 12.0. The Morgan fingerprint density at radius 3 is 2.37 bits per heavy atom. The van der Waals surface area contributed by atoms with E-state index in [1.54, 1.807) is 0 Å². The van der Waals surface area contributed by atoms with Crippen LogP contribution in [0.4, 0.5) is 0 Å². The van der Waals surface area contributed by atoms with Crippen molar-refractivity contribution in [2.75, 3.05) is 13.1 Å². The Labute approximate surface area is 184 Å². The zero-order valence-electron chi connectivity index (χ0n) is 19.5. The first kappa shape index (κ1) is 20.5. The molecule has 0 amide bonds. The van der Waals surface area contributed by atoms with Crippen LogP contribution in [0, 0.1) is 58.7 Å². The van der Waals surface area contributed by atoms with Gasteiger partial charge in [0.05, 0.1) is 12.2 Å². The average Bonchev–Trinajstić information content (AvgIpc) is 3.09. The lowest BCUT2D eigenvalue weighted by molar-refractivity contribution is -0.130. The lowest BCUT2D eigenvalue weighted by atomic mass is 9.51. The summed E-state index contributed by atoms with van der Waals surface area (Å²) in [5.74, 6) is 7.22. The smallest absolute Gasteiger partial charge is 0.0577 e. The Balaban J connectivity index is 1.28. The molecule has 6 fully saturated rings. The molecule has 0 unspecified atom stereocenters. The number of hydrogen-bond donors (Lipinski definition) is 2. The topological polar surface area (TPSA) is 43.7 Å². The van der Waals surface area contributed by atoms with E-state index in [0.717, 1.165) is 79.1 Å². The van der Waals surface area contributed by atoms with E-state index < -0.39 is 0 Å². The van der Waals surface area contributed by atoms with E-state index >= 15 is 0 Å². The van der Waals surface area contributed by atoms with Crippen LogP contribution in [0.3, 0.4) is 0 Å². The summed E-state index contributed by atoms with van der Waals surface area (Å²) in [5.41, 5.74) is 0.261. The van der Waals surface area contributed by atoms with E-state index in [2.05, 4.69) is 25.7 Å². The molecule has 13 atom stereocenters. The highest BCUT2D eigenvalue weighted by molar-refractivity contribution is 5.12. The summed E-state index contributed by atoms with van der Waals surface area (Å²) < 4.78 is 0. The zero-order chi connectivity index (χ0) is 20.8. The first-order valence-electron chi connectivity index (χ1n) is 13.5. The van der Waals surface area contributed by atoms with Gasteiger partial charge in [0.25, 0.3) is 0 Å². The minimum atomic E-state index is -0.181. The van der Waals surface area contributed by atoms with Crippen LogP contribution in [0.15, 0.2) is 0 Å². The van der Waals surface area contributed by atoms with Crippen LogP contribution >= 0.6 is 0 Å². The number of piperidine rings is 2. The molecule has 0 aromatic carbocycles. The van der Waals surface area contributed by atoms with Gasteiger partial charge in [-0.25, -0.2) is 0 Å². The molecule has 2 saturated heterocycles. The average molecular weight is 416 g/mol. The van der Waals surface area contributed by atoms with E-state index in [1.807, 2.05) is 0 Å². The van der Waals surface area contributed by atoms with Crippen LogP contribution in [0.2, 0.25) is 0 Å². The number of aliphatic hydroxyl groups excluding tert-OH is 2. The summed E-state index contributed by atoms with van der Waals surface area (Å²) in [4.78, 5) is 2.92. The van der Waals surface area contributed by atoms with Crippen LogP contribution in [0.1, 0.15) is 78.6 Å². The number of aliphatic hydroxyl groups is 2. The Morgan fingerprint density at radius 2 is 1.53 bits per heavy atom. The highest BCUT2D eigenvalue weighted by Gasteiger charge is 2.62. The summed E-state index contributed by atoms with van der Waals surface area (Å²) in [7, 11) is 0. The first-order valence-corrected chi connectivity index (χ1v) is 13.5. The summed E-state index contributed by atoms with van der Waals surface area (Å²) in [6, 6.07) is 0.853. The number of fused-ring (bicyclic) bond motifs is 8. The zero-order valence-corrected chi connectivity index (χ0v) is 19.5. The van der Waals surface area contributed by atoms with E-state index in [1.165, 1.54) is 45.2 Å². The summed E-state index contributed by atoms with van der Waals surface area (Å²) in [6.45, 7) is 10.3. The Bertz CT molecular complexity index is 665. The van der Waals surface area contributed by atoms with Crippen molar-refractivity contribution in [3.63, 3.8) is 0 Å². The Hall–Kier alpha value is -0.120. The highest BCUT2D eigenvalue weighted by Crippen LogP contribution is 2.67. The van der Waals surface area contributed by atoms with Gasteiger partial charge in [-0.3, -0.25) is 4.90 Å². The molecular weight excluding hydrogens is 370 g/mol. The maximum absolute atomic E-state index is 11.2. The van der Waals surface area contributed by atoms with Crippen molar-refractivity contribution in [1.82, 2.24) is 4.90 Å². The van der Waals surface area contributed by atoms with Gasteiger partial charge in [-0.05, 0) is 116 Å². The van der Waals surface area contributed by atoms with Crippen molar-refractivity contribution >= 4 is 0 Å². The number of nitrogens with zero attached hydrogens (tertiary/aromatic N) is 1. The van der Waals surface area contributed by atoms with Gasteiger partial charge in [0.15, 0.2) is 0 Å². The molecule has 30 heavy (non-hydrogen) atoms. The van der Waals surface area contributed by atoms with Crippen molar-refractivity contribution in [1.29, 1.82) is 0 Å². The third kappa shape index (κ3) is 2.86. The fourth-order valence-corrected chi connectivity index (χ4v) is 10.6. The van der Waals surface area contributed by atoms with Crippen LogP contribution in [-0.2, 0) is 0 Å². The summed E-state index contributed by atoms with van der Waals surface area (Å²) in [5, 5.41) is 21.5. The Morgan fingerprint density at radius 1 is 0.733 bits per heavy atom. The summed E-state index contributed by atoms with van der Waals surface area (Å²) >= 11 is 0. The fraction of sp³-hybridized carbons (Fsp3) is 1.00. The second-order valence-corrected chi connectivity index (χ2v) is 13.1. The van der Waals surface area contributed by atoms with Gasteiger partial charge in [-0.1, -0.05) is 20.8 Å². The number of hydrogen-bond acceptors (Lipinski definition) is 3. The van der Waals surface area contributed by atoms with E-state index in [9.17, 15) is 10.2 Å². The number of rotatable bonds is 0. The van der Waals surface area contributed by atoms with Crippen molar-refractivity contribution in [2.24, 2.45) is 58.7 Å². The van der Waals surface area contributed by atoms with Crippen molar-refractivity contribution in [3.8, 4) is 0 Å². The fourth-order valence-electron chi connectivity index (χ4n) is 10.6. The van der Waals surface area contributed by atoms with Gasteiger partial charge < -0.3 is 10.2 Å². The van der Waals surface area contributed by atoms with Crippen LogP contribution in [-0.4, -0.2) is 46.5 Å². The first-order chi connectivity index (χ1) is 14.4. The van der Waals surface area contributed by atoms with Gasteiger partial charge in [0.2, 0.25) is 0 Å². The van der Waals surface area contributed by atoms with E-state index in [0.29, 0.717) is 5.92 Å². The van der Waals surface area contributed by atoms with E-state index in [4.69, 9.17) is 0 Å². The molecule has 0 aromatic heterocycles. The molecule has 2 aliphatic heterocycles. The minimum Gasteiger partial charge on any atom is -0.393 e. The quantitative estimate of drug-likeness (QED) is 0.609. The molecule has 2 N–H and O–H groups in total. The SMILES string of the molecule is C[C@@H]1CC[C@@H]2[C@H](C)[C@H]3CC[C@@H]4[C@@H](C[C@H]5[C@H]4C[C@@H](O)[C@H]4C[C@@H](O)CC[C@@]45C)[C@@H]3CN2C1. The molecular formula is C27H45NO2. The van der Waals surface area contributed by atoms with E-state index in [-0.39, 0.29) is 17.6 Å². The molecule has 0 radical (unpaired) electrons. The van der Waals surface area contributed by atoms with Gasteiger partial charge in [0.1, 0.15) is 0 Å². The predicted octanol–water partition coefficient (Wildman–Crippen LogP) is 4.56. The lowest BCUT2D eigenvalue weighted by Gasteiger charge is -2.56. The van der Waals surface area contributed by atoms with Crippen molar-refractivity contribution in [3.05, 3.63) is 0 Å². The molecule has 170 valence electrons. The molecule has 4 aliphatic carbocycles. The molecule has 3 heteroatoms. The molecule has 0 spiro atoms. The van der Waals surface area contributed by atoms with Crippen molar-refractivity contribution < 1.29 is 10.2 Å². The van der Waals surface area contributed by atoms with Crippen LogP contribution in [0.25, 0.3) is 0 Å². The standard InChI is InChI=1S/C27H45NO2/c1-15-4-7-25-16(2)18-5-6-19-20(22(18)14-28(25)13-15)11-23-21(19)12-26(30)24-10-17(29)8-9-27(23,24)3/h15-26,29-30H,4-14H2,1-3H3/t15-,16-,17+,18-,19-,20-,21+,22-,23+,24-,25-,26-,27-/m1/s1. The van der Waals surface area contributed by atoms with Gasteiger partial charge in [0, 0.05) is 19.1 Å². The molecule has 2 heterocycles. The second-order valence-electron chi connectivity index (χ2n) is 13.1. The molecule has 4 saturated carbocycles. The molecule has 3 nitrogen and oxygen atoms in total. The largest absolute Gasteiger partial charge is 0.393 e. The normalized spacial score (nSPS) is 60.7.